The van der Waals surface area contributed by atoms with Gasteiger partial charge in [-0.1, -0.05) is 22.0 Å². The number of benzene rings is 1. The number of fused-ring (bicyclic) bond motifs is 1. The van der Waals surface area contributed by atoms with E-state index in [1.54, 1.807) is 12.3 Å². The molecule has 0 aliphatic rings. The van der Waals surface area contributed by atoms with Gasteiger partial charge < -0.3 is 5.11 Å². The van der Waals surface area contributed by atoms with Gasteiger partial charge in [0.15, 0.2) is 5.75 Å². The molecule has 0 aliphatic heterocycles. The van der Waals surface area contributed by atoms with Crippen molar-refractivity contribution in [1.82, 2.24) is 4.98 Å². The molecule has 0 atom stereocenters. The van der Waals surface area contributed by atoms with Crippen LogP contribution in [-0.4, -0.2) is 10.1 Å². The number of aromatic nitrogens is 1. The van der Waals surface area contributed by atoms with Crippen LogP contribution in [-0.2, 0) is 17.1 Å². The summed E-state index contributed by atoms with van der Waals surface area (Å²) < 4.78 is 1.56. The summed E-state index contributed by atoms with van der Waals surface area (Å²) in [6.07, 6.45) is 1.65. The van der Waals surface area contributed by atoms with Crippen molar-refractivity contribution >= 4 is 42.8 Å². The number of hydrogen-bond acceptors (Lipinski definition) is 2. The van der Waals surface area contributed by atoms with Gasteiger partial charge >= 0.3 is 0 Å². The first-order valence-electron chi connectivity index (χ1n) is 3.62. The zero-order valence-corrected chi connectivity index (χ0v) is 11.2. The molecule has 0 aliphatic carbocycles. The quantitative estimate of drug-likeness (QED) is 0.732. The maximum Gasteiger partial charge on any atom is 0.156 e. The third kappa shape index (κ3) is 1.96. The first-order valence-corrected chi connectivity index (χ1v) is 5.20. The van der Waals surface area contributed by atoms with E-state index in [9.17, 15) is 5.11 Å². The van der Waals surface area contributed by atoms with E-state index in [4.69, 9.17) is 0 Å². The predicted octanol–water partition coefficient (Wildman–Crippen LogP) is 3.46. The van der Waals surface area contributed by atoms with Crippen molar-refractivity contribution in [3.8, 4) is 5.75 Å². The van der Waals surface area contributed by atoms with Crippen molar-refractivity contribution in [2.75, 3.05) is 0 Å². The molecule has 0 amide bonds. The summed E-state index contributed by atoms with van der Waals surface area (Å²) in [6.45, 7) is 0. The Morgan fingerprint density at radius 2 is 1.93 bits per heavy atom. The topological polar surface area (TPSA) is 33.1 Å². The van der Waals surface area contributed by atoms with Gasteiger partial charge in [0.25, 0.3) is 0 Å². The van der Waals surface area contributed by atoms with Crippen molar-refractivity contribution < 1.29 is 22.2 Å². The van der Waals surface area contributed by atoms with Crippen LogP contribution in [0.5, 0.6) is 5.75 Å². The molecule has 1 N–H and O–H groups in total. The molecule has 0 bridgehead atoms. The molecule has 5 heteroatoms. The first-order chi connectivity index (χ1) is 6.20. The van der Waals surface area contributed by atoms with Gasteiger partial charge in [0, 0.05) is 33.1 Å². The molecule has 14 heavy (non-hydrogen) atoms. The van der Waals surface area contributed by atoms with Crippen LogP contribution >= 0.6 is 31.9 Å². The van der Waals surface area contributed by atoms with Gasteiger partial charge in [-0.25, -0.2) is 0 Å². The van der Waals surface area contributed by atoms with Crippen molar-refractivity contribution in [3.63, 3.8) is 0 Å². The Balaban J connectivity index is 0.000000980. The van der Waals surface area contributed by atoms with Crippen molar-refractivity contribution in [3.05, 3.63) is 33.3 Å². The molecule has 1 radical (unpaired) electrons. The number of rotatable bonds is 0. The minimum absolute atomic E-state index is 0. The molecule has 0 saturated heterocycles. The zero-order chi connectivity index (χ0) is 9.42. The van der Waals surface area contributed by atoms with Gasteiger partial charge in [0.05, 0.1) is 4.47 Å². The number of nitrogens with zero attached hydrogens (tertiary/aromatic N) is 1. The second-order valence-electron chi connectivity index (χ2n) is 2.59. The standard InChI is InChI=1S/C9H5Br2NO.Mn/c10-6-4-7(11)9(13)8-5(6)2-1-3-12-8;/h1-4,13H;. The third-order valence-corrected chi connectivity index (χ3v) is 3.03. The third-order valence-electron chi connectivity index (χ3n) is 1.77. The minimum Gasteiger partial charge on any atom is -0.505 e. The van der Waals surface area contributed by atoms with Crippen LogP contribution in [0.25, 0.3) is 10.9 Å². The van der Waals surface area contributed by atoms with Crippen LogP contribution in [0.3, 0.4) is 0 Å². The molecule has 73 valence electrons. The number of hydrogen-bond donors (Lipinski definition) is 1. The van der Waals surface area contributed by atoms with Crippen molar-refractivity contribution in [2.45, 2.75) is 0 Å². The fourth-order valence-electron chi connectivity index (χ4n) is 1.16. The minimum atomic E-state index is 0. The molecule has 0 unspecified atom stereocenters. The van der Waals surface area contributed by atoms with E-state index >= 15 is 0 Å². The zero-order valence-electron chi connectivity index (χ0n) is 6.84. The second kappa shape index (κ2) is 4.62. The molecule has 0 spiro atoms. The van der Waals surface area contributed by atoms with E-state index in [0.717, 1.165) is 9.86 Å². The second-order valence-corrected chi connectivity index (χ2v) is 4.30. The van der Waals surface area contributed by atoms with Gasteiger partial charge in [-0.2, -0.15) is 0 Å². The van der Waals surface area contributed by atoms with Crippen LogP contribution < -0.4 is 0 Å². The Bertz CT molecular complexity index is 476. The van der Waals surface area contributed by atoms with Crippen LogP contribution in [0.4, 0.5) is 0 Å². The Kier molecular flexibility index (Phi) is 3.95. The Hall–Kier alpha value is -0.0905. The smallest absolute Gasteiger partial charge is 0.156 e. The van der Waals surface area contributed by atoms with Gasteiger partial charge in [-0.05, 0) is 28.1 Å². The molecule has 1 heterocycles. The summed E-state index contributed by atoms with van der Waals surface area (Å²) in [6, 6.07) is 5.54. The Labute approximate surface area is 108 Å². The van der Waals surface area contributed by atoms with E-state index in [0.29, 0.717) is 9.99 Å². The molecule has 1 aromatic heterocycles. The maximum atomic E-state index is 9.65. The Morgan fingerprint density at radius 3 is 2.64 bits per heavy atom. The number of phenols is 1. The van der Waals surface area contributed by atoms with Crippen molar-refractivity contribution in [2.24, 2.45) is 0 Å². The van der Waals surface area contributed by atoms with Crippen LogP contribution in [0.1, 0.15) is 0 Å². The van der Waals surface area contributed by atoms with E-state index in [1.165, 1.54) is 0 Å². The number of phenolic OH excluding ortho intramolecular Hbond substituents is 1. The number of halogens is 2. The fraction of sp³-hybridized carbons (Fsp3) is 0. The van der Waals surface area contributed by atoms with E-state index in [-0.39, 0.29) is 22.8 Å². The van der Waals surface area contributed by atoms with E-state index < -0.39 is 0 Å². The van der Waals surface area contributed by atoms with Crippen LogP contribution in [0.2, 0.25) is 0 Å². The van der Waals surface area contributed by atoms with Gasteiger partial charge in [0.1, 0.15) is 5.52 Å². The monoisotopic (exact) mass is 356 g/mol. The van der Waals surface area contributed by atoms with Gasteiger partial charge in [-0.15, -0.1) is 0 Å². The average molecular weight is 358 g/mol. The molecule has 2 nitrogen and oxygen atoms in total. The molecular weight excluding hydrogens is 353 g/mol. The molecule has 1 aromatic carbocycles. The summed E-state index contributed by atoms with van der Waals surface area (Å²) in [7, 11) is 0. The molecule has 2 rings (SSSR count). The average Bonchev–Trinajstić information content (AvgIpc) is 2.15. The fourth-order valence-corrected chi connectivity index (χ4v) is 2.43. The van der Waals surface area contributed by atoms with Gasteiger partial charge in [0.2, 0.25) is 0 Å². The molecule has 2 aromatic rings. The Morgan fingerprint density at radius 1 is 1.21 bits per heavy atom. The maximum absolute atomic E-state index is 9.65. The van der Waals surface area contributed by atoms with E-state index in [1.807, 2.05) is 12.1 Å². The first kappa shape index (κ1) is 12.0. The van der Waals surface area contributed by atoms with E-state index in [2.05, 4.69) is 36.8 Å². The summed E-state index contributed by atoms with van der Waals surface area (Å²) >= 11 is 6.65. The van der Waals surface area contributed by atoms with Crippen LogP contribution in [0, 0.1) is 0 Å². The largest absolute Gasteiger partial charge is 0.505 e. The normalized spacial score (nSPS) is 9.86. The van der Waals surface area contributed by atoms with Gasteiger partial charge in [-0.3, -0.25) is 4.98 Å². The summed E-state index contributed by atoms with van der Waals surface area (Å²) in [4.78, 5) is 4.09. The predicted molar refractivity (Wildman–Crippen MR) is 58.8 cm³/mol. The summed E-state index contributed by atoms with van der Waals surface area (Å²) in [5.74, 6) is 0.179. The summed E-state index contributed by atoms with van der Waals surface area (Å²) in [5, 5.41) is 10.6. The summed E-state index contributed by atoms with van der Waals surface area (Å²) in [5.41, 5.74) is 0.601. The molecule has 0 fully saturated rings. The number of pyridine rings is 1. The SMILES string of the molecule is Oc1c(Br)cc(Br)c2cccnc12.[Mn]. The molecule has 0 saturated carbocycles. The van der Waals surface area contributed by atoms with Crippen LogP contribution in [0.15, 0.2) is 33.3 Å². The number of aromatic hydroxyl groups is 1. The molecular formula is C9H5Br2MnNO. The van der Waals surface area contributed by atoms with Crippen molar-refractivity contribution in [1.29, 1.82) is 0 Å².